The Kier molecular flexibility index (Phi) is 6.07. The molecule has 2 aromatic rings. The molecular weight excluding hydrogens is 306 g/mol. The van der Waals surface area contributed by atoms with E-state index < -0.39 is 0 Å². The summed E-state index contributed by atoms with van der Waals surface area (Å²) in [4.78, 5) is 12.3. The van der Waals surface area contributed by atoms with Crippen LogP contribution in [-0.2, 0) is 6.42 Å². The van der Waals surface area contributed by atoms with Crippen molar-refractivity contribution in [1.82, 2.24) is 5.32 Å². The molecule has 5 nitrogen and oxygen atoms in total. The van der Waals surface area contributed by atoms with E-state index >= 15 is 0 Å². The van der Waals surface area contributed by atoms with Crippen molar-refractivity contribution in [2.24, 2.45) is 0 Å². The van der Waals surface area contributed by atoms with Crippen LogP contribution in [0.2, 0.25) is 0 Å². The Hall–Kier alpha value is -2.69. The Balaban J connectivity index is 2.09. The van der Waals surface area contributed by atoms with Gasteiger partial charge in [-0.1, -0.05) is 18.2 Å². The lowest BCUT2D eigenvalue weighted by molar-refractivity contribution is 0.0953. The van der Waals surface area contributed by atoms with Crippen LogP contribution < -0.4 is 19.5 Å². The number of hydrogen-bond acceptors (Lipinski definition) is 4. The van der Waals surface area contributed by atoms with Gasteiger partial charge in [-0.2, -0.15) is 0 Å². The first-order valence-electron chi connectivity index (χ1n) is 7.73. The Morgan fingerprint density at radius 1 is 1.00 bits per heavy atom. The molecule has 0 aliphatic carbocycles. The quantitative estimate of drug-likeness (QED) is 0.848. The standard InChI is InChI=1S/C19H23NO4/c1-13-7-5-6-8-15(13)19(21)20-10-9-16-17(23-3)11-14(22-2)12-18(16)24-4/h5-8,11-12H,9-10H2,1-4H3,(H,20,21). The molecule has 0 aliphatic rings. The summed E-state index contributed by atoms with van der Waals surface area (Å²) < 4.78 is 16.1. The summed E-state index contributed by atoms with van der Waals surface area (Å²) in [5.41, 5.74) is 2.53. The summed E-state index contributed by atoms with van der Waals surface area (Å²) in [5.74, 6) is 1.93. The summed E-state index contributed by atoms with van der Waals surface area (Å²) in [7, 11) is 4.80. The summed E-state index contributed by atoms with van der Waals surface area (Å²) in [5, 5.41) is 2.94. The van der Waals surface area contributed by atoms with E-state index in [4.69, 9.17) is 14.2 Å². The molecule has 0 radical (unpaired) electrons. The zero-order chi connectivity index (χ0) is 17.5. The van der Waals surface area contributed by atoms with Crippen molar-refractivity contribution in [2.45, 2.75) is 13.3 Å². The fourth-order valence-electron chi connectivity index (χ4n) is 2.55. The molecule has 0 saturated heterocycles. The van der Waals surface area contributed by atoms with Crippen LogP contribution >= 0.6 is 0 Å². The van der Waals surface area contributed by atoms with Crippen LogP contribution in [0.15, 0.2) is 36.4 Å². The van der Waals surface area contributed by atoms with Crippen molar-refractivity contribution in [3.05, 3.63) is 53.1 Å². The van der Waals surface area contributed by atoms with Gasteiger partial charge < -0.3 is 19.5 Å². The van der Waals surface area contributed by atoms with E-state index in [0.29, 0.717) is 35.8 Å². The number of carbonyl (C=O) groups is 1. The van der Waals surface area contributed by atoms with Crippen molar-refractivity contribution in [3.63, 3.8) is 0 Å². The molecule has 0 spiro atoms. The molecule has 1 N–H and O–H groups in total. The topological polar surface area (TPSA) is 56.8 Å². The predicted octanol–water partition coefficient (Wildman–Crippen LogP) is 2.99. The van der Waals surface area contributed by atoms with E-state index in [9.17, 15) is 4.79 Å². The third-order valence-electron chi connectivity index (χ3n) is 3.87. The van der Waals surface area contributed by atoms with Gasteiger partial charge in [0, 0.05) is 29.8 Å². The zero-order valence-electron chi connectivity index (χ0n) is 14.5. The lowest BCUT2D eigenvalue weighted by atomic mass is 10.1. The number of rotatable bonds is 7. The summed E-state index contributed by atoms with van der Waals surface area (Å²) in [6.07, 6.45) is 0.591. The van der Waals surface area contributed by atoms with Gasteiger partial charge in [0.15, 0.2) is 0 Å². The van der Waals surface area contributed by atoms with Crippen molar-refractivity contribution >= 4 is 5.91 Å². The molecule has 0 aliphatic heterocycles. The van der Waals surface area contributed by atoms with Gasteiger partial charge in [-0.3, -0.25) is 4.79 Å². The van der Waals surface area contributed by atoms with Gasteiger partial charge in [0.2, 0.25) is 0 Å². The molecular formula is C19H23NO4. The van der Waals surface area contributed by atoms with E-state index in [1.54, 1.807) is 33.5 Å². The van der Waals surface area contributed by atoms with Gasteiger partial charge >= 0.3 is 0 Å². The Bertz CT molecular complexity index is 687. The fourth-order valence-corrected chi connectivity index (χ4v) is 2.55. The second kappa shape index (κ2) is 8.24. The normalized spacial score (nSPS) is 10.2. The molecule has 0 atom stereocenters. The number of hydrogen-bond donors (Lipinski definition) is 1. The maximum atomic E-state index is 12.3. The van der Waals surface area contributed by atoms with E-state index in [1.165, 1.54) is 0 Å². The first kappa shape index (κ1) is 17.7. The molecule has 5 heteroatoms. The smallest absolute Gasteiger partial charge is 0.251 e. The lowest BCUT2D eigenvalue weighted by Crippen LogP contribution is -2.26. The van der Waals surface area contributed by atoms with E-state index in [0.717, 1.165) is 11.1 Å². The minimum absolute atomic E-state index is 0.0838. The van der Waals surface area contributed by atoms with Gasteiger partial charge in [0.05, 0.1) is 21.3 Å². The average molecular weight is 329 g/mol. The number of carbonyl (C=O) groups excluding carboxylic acids is 1. The molecule has 0 bridgehead atoms. The molecule has 0 aromatic heterocycles. The molecule has 128 valence electrons. The third-order valence-corrected chi connectivity index (χ3v) is 3.87. The summed E-state index contributed by atoms with van der Waals surface area (Å²) in [6, 6.07) is 11.1. The van der Waals surface area contributed by atoms with E-state index in [-0.39, 0.29) is 5.91 Å². The lowest BCUT2D eigenvalue weighted by Gasteiger charge is -2.15. The molecule has 2 aromatic carbocycles. The average Bonchev–Trinajstić information content (AvgIpc) is 2.61. The molecule has 2 rings (SSSR count). The van der Waals surface area contributed by atoms with Crippen molar-refractivity contribution in [2.75, 3.05) is 27.9 Å². The van der Waals surface area contributed by atoms with Crippen molar-refractivity contribution in [3.8, 4) is 17.2 Å². The summed E-state index contributed by atoms with van der Waals surface area (Å²) >= 11 is 0. The SMILES string of the molecule is COc1cc(OC)c(CCNC(=O)c2ccccc2C)c(OC)c1. The summed E-state index contributed by atoms with van der Waals surface area (Å²) in [6.45, 7) is 2.40. The predicted molar refractivity (Wildman–Crippen MR) is 93.3 cm³/mol. The third kappa shape index (κ3) is 3.98. The maximum Gasteiger partial charge on any atom is 0.251 e. The molecule has 0 fully saturated rings. The number of methoxy groups -OCH3 is 3. The van der Waals surface area contributed by atoms with Crippen LogP contribution in [0.25, 0.3) is 0 Å². The van der Waals surface area contributed by atoms with E-state index in [1.807, 2.05) is 31.2 Å². The highest BCUT2D eigenvalue weighted by Crippen LogP contribution is 2.34. The molecule has 24 heavy (non-hydrogen) atoms. The maximum absolute atomic E-state index is 12.3. The second-order valence-electron chi connectivity index (χ2n) is 5.33. The Labute approximate surface area is 142 Å². The minimum Gasteiger partial charge on any atom is -0.496 e. The second-order valence-corrected chi connectivity index (χ2v) is 5.33. The first-order chi connectivity index (χ1) is 11.6. The zero-order valence-corrected chi connectivity index (χ0v) is 14.5. The van der Waals surface area contributed by atoms with Crippen LogP contribution in [0, 0.1) is 6.92 Å². The van der Waals surface area contributed by atoms with Crippen LogP contribution in [0.4, 0.5) is 0 Å². The molecule has 0 saturated carbocycles. The molecule has 1 amide bonds. The Morgan fingerprint density at radius 2 is 1.62 bits per heavy atom. The van der Waals surface area contributed by atoms with Crippen LogP contribution in [0.1, 0.15) is 21.5 Å². The van der Waals surface area contributed by atoms with Gasteiger partial charge in [-0.15, -0.1) is 0 Å². The highest BCUT2D eigenvalue weighted by atomic mass is 16.5. The largest absolute Gasteiger partial charge is 0.496 e. The number of nitrogens with one attached hydrogen (secondary N) is 1. The van der Waals surface area contributed by atoms with Crippen LogP contribution in [0.5, 0.6) is 17.2 Å². The number of ether oxygens (including phenoxy) is 3. The van der Waals surface area contributed by atoms with Crippen LogP contribution in [-0.4, -0.2) is 33.8 Å². The highest BCUT2D eigenvalue weighted by Gasteiger charge is 2.14. The molecule has 0 heterocycles. The van der Waals surface area contributed by atoms with Crippen LogP contribution in [0.3, 0.4) is 0 Å². The van der Waals surface area contributed by atoms with Crippen molar-refractivity contribution < 1.29 is 19.0 Å². The molecule has 0 unspecified atom stereocenters. The Morgan fingerprint density at radius 3 is 2.17 bits per heavy atom. The fraction of sp³-hybridized carbons (Fsp3) is 0.316. The van der Waals surface area contributed by atoms with Crippen molar-refractivity contribution in [1.29, 1.82) is 0 Å². The van der Waals surface area contributed by atoms with Gasteiger partial charge in [0.25, 0.3) is 5.91 Å². The highest BCUT2D eigenvalue weighted by molar-refractivity contribution is 5.95. The van der Waals surface area contributed by atoms with Gasteiger partial charge in [-0.25, -0.2) is 0 Å². The monoisotopic (exact) mass is 329 g/mol. The van der Waals surface area contributed by atoms with Gasteiger partial charge in [0.1, 0.15) is 17.2 Å². The minimum atomic E-state index is -0.0838. The van der Waals surface area contributed by atoms with Gasteiger partial charge in [-0.05, 0) is 25.0 Å². The van der Waals surface area contributed by atoms with E-state index in [2.05, 4.69) is 5.32 Å². The number of aryl methyl sites for hydroxylation is 1. The first-order valence-corrected chi connectivity index (χ1v) is 7.73. The number of benzene rings is 2. The number of amides is 1.